The monoisotopic (exact) mass is 211 g/mol. The predicted molar refractivity (Wildman–Crippen MR) is 52.2 cm³/mol. The van der Waals surface area contributed by atoms with E-state index in [-0.39, 0.29) is 6.61 Å². The molecule has 0 unspecified atom stereocenters. The lowest BCUT2D eigenvalue weighted by Crippen LogP contribution is -2.32. The Morgan fingerprint density at radius 1 is 1.50 bits per heavy atom. The number of nitrogens with two attached hydrogens (primary N) is 1. The van der Waals surface area contributed by atoms with Gasteiger partial charge in [-0.25, -0.2) is 0 Å². The molecule has 0 saturated carbocycles. The van der Waals surface area contributed by atoms with Crippen molar-refractivity contribution in [1.82, 2.24) is 0 Å². The Bertz CT molecular complexity index is 134. The molecule has 0 aliphatic heterocycles. The van der Waals surface area contributed by atoms with Gasteiger partial charge in [0.15, 0.2) is 0 Å². The lowest BCUT2D eigenvalue weighted by atomic mass is 10.4. The predicted octanol–water partition coefficient (Wildman–Crippen LogP) is 0.162. The van der Waals surface area contributed by atoms with Gasteiger partial charge in [-0.05, 0) is 6.42 Å². The van der Waals surface area contributed by atoms with Crippen molar-refractivity contribution < 1.29 is 15.0 Å². The molecule has 1 atom stereocenters. The SMILES string of the molecule is N[C@@H](CSSCCCO)C(=O)O. The molecule has 0 aromatic heterocycles. The van der Waals surface area contributed by atoms with Crippen LogP contribution in [0.5, 0.6) is 0 Å². The highest BCUT2D eigenvalue weighted by atomic mass is 33.1. The average Bonchev–Trinajstić information content (AvgIpc) is 2.03. The molecule has 72 valence electrons. The van der Waals surface area contributed by atoms with Crippen molar-refractivity contribution in [2.45, 2.75) is 12.5 Å². The third-order valence-corrected chi connectivity index (χ3v) is 3.56. The van der Waals surface area contributed by atoms with Crippen molar-refractivity contribution in [2.24, 2.45) is 5.73 Å². The van der Waals surface area contributed by atoms with Crippen molar-refractivity contribution in [3.8, 4) is 0 Å². The van der Waals surface area contributed by atoms with Crippen LogP contribution in [0.25, 0.3) is 0 Å². The summed E-state index contributed by atoms with van der Waals surface area (Å²) < 4.78 is 0. The molecule has 0 aromatic rings. The summed E-state index contributed by atoms with van der Waals surface area (Å²) in [6.45, 7) is 0.179. The number of carbonyl (C=O) groups is 1. The first-order valence-corrected chi connectivity index (χ1v) is 6.01. The summed E-state index contributed by atoms with van der Waals surface area (Å²) in [7, 11) is 2.97. The maximum absolute atomic E-state index is 10.2. The van der Waals surface area contributed by atoms with Crippen LogP contribution in [0.2, 0.25) is 0 Å². The van der Waals surface area contributed by atoms with Gasteiger partial charge in [-0.15, -0.1) is 0 Å². The summed E-state index contributed by atoms with van der Waals surface area (Å²) in [4.78, 5) is 10.2. The second-order valence-electron chi connectivity index (χ2n) is 2.13. The molecule has 0 fully saturated rings. The standard InChI is InChI=1S/C6H13NO3S2/c7-5(6(9)10)4-12-11-3-1-2-8/h5,8H,1-4,7H2,(H,9,10)/t5-/m0/s1. The number of aliphatic hydroxyl groups is 1. The van der Waals surface area contributed by atoms with Crippen molar-refractivity contribution in [3.63, 3.8) is 0 Å². The molecule has 0 aliphatic carbocycles. The van der Waals surface area contributed by atoms with E-state index in [2.05, 4.69) is 0 Å². The Hall–Kier alpha value is 0.0900. The van der Waals surface area contributed by atoms with Crippen LogP contribution in [-0.2, 0) is 4.79 Å². The largest absolute Gasteiger partial charge is 0.480 e. The van der Waals surface area contributed by atoms with Gasteiger partial charge in [0, 0.05) is 18.1 Å². The summed E-state index contributed by atoms with van der Waals surface area (Å²) in [6.07, 6.45) is 0.736. The number of hydrogen-bond acceptors (Lipinski definition) is 5. The zero-order chi connectivity index (χ0) is 9.40. The van der Waals surface area contributed by atoms with Crippen LogP contribution in [0, 0.1) is 0 Å². The molecule has 12 heavy (non-hydrogen) atoms. The normalized spacial score (nSPS) is 12.8. The first-order chi connectivity index (χ1) is 5.68. The summed E-state index contributed by atoms with van der Waals surface area (Å²) in [6, 6.07) is -0.781. The number of aliphatic hydroxyl groups excluding tert-OH is 1. The van der Waals surface area contributed by atoms with Gasteiger partial charge in [0.05, 0.1) is 0 Å². The Morgan fingerprint density at radius 2 is 2.17 bits per heavy atom. The number of carboxylic acids is 1. The third-order valence-electron chi connectivity index (χ3n) is 1.03. The second-order valence-corrected chi connectivity index (χ2v) is 4.76. The van der Waals surface area contributed by atoms with E-state index < -0.39 is 12.0 Å². The van der Waals surface area contributed by atoms with E-state index in [1.54, 1.807) is 0 Å². The molecule has 0 spiro atoms. The van der Waals surface area contributed by atoms with Crippen LogP contribution in [0.1, 0.15) is 6.42 Å². The van der Waals surface area contributed by atoms with Crippen molar-refractivity contribution in [2.75, 3.05) is 18.1 Å². The average molecular weight is 211 g/mol. The van der Waals surface area contributed by atoms with E-state index >= 15 is 0 Å². The van der Waals surface area contributed by atoms with Gasteiger partial charge < -0.3 is 15.9 Å². The summed E-state index contributed by atoms with van der Waals surface area (Å²) in [5.74, 6) is 0.268. The fourth-order valence-electron chi connectivity index (χ4n) is 0.375. The fraction of sp³-hybridized carbons (Fsp3) is 0.833. The van der Waals surface area contributed by atoms with Gasteiger partial charge >= 0.3 is 5.97 Å². The highest BCUT2D eigenvalue weighted by Crippen LogP contribution is 2.21. The minimum Gasteiger partial charge on any atom is -0.480 e. The minimum atomic E-state index is -0.967. The molecule has 4 N–H and O–H groups in total. The van der Waals surface area contributed by atoms with Gasteiger partial charge in [0.25, 0.3) is 0 Å². The summed E-state index contributed by atoms with van der Waals surface area (Å²) in [5.41, 5.74) is 5.25. The molecule has 0 amide bonds. The van der Waals surface area contributed by atoms with Crippen molar-refractivity contribution in [1.29, 1.82) is 0 Å². The first-order valence-electron chi connectivity index (χ1n) is 3.52. The van der Waals surface area contributed by atoms with Gasteiger partial charge in [0.1, 0.15) is 6.04 Å². The minimum absolute atomic E-state index is 0.179. The molecule has 0 rings (SSSR count). The maximum atomic E-state index is 10.2. The highest BCUT2D eigenvalue weighted by Gasteiger charge is 2.10. The number of carboxylic acid groups (broad SMARTS) is 1. The van der Waals surface area contributed by atoms with Crippen LogP contribution in [0.15, 0.2) is 0 Å². The molecule has 4 nitrogen and oxygen atoms in total. The topological polar surface area (TPSA) is 83.5 Å². The first kappa shape index (κ1) is 12.1. The zero-order valence-electron chi connectivity index (χ0n) is 6.60. The van der Waals surface area contributed by atoms with Gasteiger partial charge in [-0.3, -0.25) is 4.79 Å². The molecular weight excluding hydrogens is 198 g/mol. The van der Waals surface area contributed by atoms with E-state index in [0.29, 0.717) is 5.75 Å². The molecule has 0 aromatic carbocycles. The number of hydrogen-bond donors (Lipinski definition) is 3. The Balaban J connectivity index is 3.14. The summed E-state index contributed by atoms with van der Waals surface area (Å²) in [5, 5.41) is 16.8. The quantitative estimate of drug-likeness (QED) is 0.411. The maximum Gasteiger partial charge on any atom is 0.321 e. The van der Waals surface area contributed by atoms with Crippen molar-refractivity contribution in [3.05, 3.63) is 0 Å². The van der Waals surface area contributed by atoms with E-state index in [1.807, 2.05) is 0 Å². The second kappa shape index (κ2) is 7.72. The van der Waals surface area contributed by atoms with Gasteiger partial charge in [-0.2, -0.15) is 0 Å². The van der Waals surface area contributed by atoms with Crippen LogP contribution in [0.4, 0.5) is 0 Å². The molecule has 0 aliphatic rings. The van der Waals surface area contributed by atoms with Gasteiger partial charge in [-0.1, -0.05) is 21.6 Å². The number of aliphatic carboxylic acids is 1. The Kier molecular flexibility index (Phi) is 7.78. The van der Waals surface area contributed by atoms with E-state index in [1.165, 1.54) is 21.6 Å². The lowest BCUT2D eigenvalue weighted by molar-refractivity contribution is -0.137. The lowest BCUT2D eigenvalue weighted by Gasteiger charge is -2.04. The number of rotatable bonds is 7. The third kappa shape index (κ3) is 6.78. The van der Waals surface area contributed by atoms with E-state index in [0.717, 1.165) is 12.2 Å². The molecule has 6 heteroatoms. The van der Waals surface area contributed by atoms with E-state index in [9.17, 15) is 4.79 Å². The van der Waals surface area contributed by atoms with Gasteiger partial charge in [0.2, 0.25) is 0 Å². The smallest absolute Gasteiger partial charge is 0.321 e. The van der Waals surface area contributed by atoms with Crippen LogP contribution >= 0.6 is 21.6 Å². The van der Waals surface area contributed by atoms with Crippen LogP contribution in [0.3, 0.4) is 0 Å². The molecule has 0 radical (unpaired) electrons. The molecule has 0 saturated heterocycles. The zero-order valence-corrected chi connectivity index (χ0v) is 8.24. The fourth-order valence-corrected chi connectivity index (χ4v) is 2.56. The molecule has 0 bridgehead atoms. The van der Waals surface area contributed by atoms with E-state index in [4.69, 9.17) is 15.9 Å². The Morgan fingerprint density at radius 3 is 2.67 bits per heavy atom. The van der Waals surface area contributed by atoms with Crippen molar-refractivity contribution >= 4 is 27.6 Å². The Labute approximate surface area is 79.3 Å². The molecule has 0 heterocycles. The molecular formula is C6H13NO3S2. The van der Waals surface area contributed by atoms with Crippen LogP contribution < -0.4 is 5.73 Å². The highest BCUT2D eigenvalue weighted by molar-refractivity contribution is 8.76. The summed E-state index contributed by atoms with van der Waals surface area (Å²) >= 11 is 0. The van der Waals surface area contributed by atoms with Crippen LogP contribution in [-0.4, -0.2) is 40.3 Å².